The summed E-state index contributed by atoms with van der Waals surface area (Å²) in [4.78, 5) is 4.39. The lowest BCUT2D eigenvalue weighted by Crippen LogP contribution is -2.34. The first-order valence-electron chi connectivity index (χ1n) is 6.45. The highest BCUT2D eigenvalue weighted by Gasteiger charge is 2.40. The molecule has 1 aromatic heterocycles. The van der Waals surface area contributed by atoms with E-state index in [0.717, 1.165) is 31.6 Å². The lowest BCUT2D eigenvalue weighted by Gasteiger charge is -2.35. The van der Waals surface area contributed by atoms with Crippen molar-refractivity contribution in [3.63, 3.8) is 0 Å². The molecule has 1 heterocycles. The highest BCUT2D eigenvalue weighted by molar-refractivity contribution is 5.04. The number of aromatic nitrogens is 2. The molecular weight excluding hydrogens is 230 g/mol. The van der Waals surface area contributed by atoms with Gasteiger partial charge in [0, 0.05) is 20.0 Å². The second-order valence-corrected chi connectivity index (χ2v) is 5.05. The summed E-state index contributed by atoms with van der Waals surface area (Å²) >= 11 is 0. The van der Waals surface area contributed by atoms with E-state index in [9.17, 15) is 0 Å². The van der Waals surface area contributed by atoms with Crippen molar-refractivity contribution in [3.05, 3.63) is 11.7 Å². The minimum atomic E-state index is -0.388. The Kier molecular flexibility index (Phi) is 3.97. The molecule has 0 bridgehead atoms. The van der Waals surface area contributed by atoms with Gasteiger partial charge in [-0.25, -0.2) is 0 Å². The fraction of sp³-hybridized carbons (Fsp3) is 0.769. The van der Waals surface area contributed by atoms with Crippen LogP contribution in [0.3, 0.4) is 0 Å². The standard InChI is InChI=1S/C13H19N3O2/c1-10-5-7-13(17-2,8-6-10)12-15-11(18-16-12)4-3-9-14/h10H,3-8H2,1-2H3. The number of rotatable bonds is 4. The molecule has 98 valence electrons. The van der Waals surface area contributed by atoms with Crippen LogP contribution in [0.4, 0.5) is 0 Å². The summed E-state index contributed by atoms with van der Waals surface area (Å²) in [7, 11) is 1.71. The van der Waals surface area contributed by atoms with Crippen molar-refractivity contribution in [3.8, 4) is 6.07 Å². The van der Waals surface area contributed by atoms with Gasteiger partial charge in [0.05, 0.1) is 6.07 Å². The Morgan fingerprint density at radius 1 is 1.50 bits per heavy atom. The van der Waals surface area contributed by atoms with Crippen LogP contribution < -0.4 is 0 Å². The van der Waals surface area contributed by atoms with E-state index in [1.807, 2.05) is 0 Å². The van der Waals surface area contributed by atoms with E-state index in [-0.39, 0.29) is 5.60 Å². The minimum absolute atomic E-state index is 0.388. The Morgan fingerprint density at radius 3 is 2.83 bits per heavy atom. The average molecular weight is 249 g/mol. The van der Waals surface area contributed by atoms with Crippen molar-refractivity contribution in [1.29, 1.82) is 5.26 Å². The average Bonchev–Trinajstić information content (AvgIpc) is 2.87. The third kappa shape index (κ3) is 2.54. The normalized spacial score (nSPS) is 27.9. The first-order valence-corrected chi connectivity index (χ1v) is 6.45. The Morgan fingerprint density at radius 2 is 2.22 bits per heavy atom. The van der Waals surface area contributed by atoms with Gasteiger partial charge >= 0.3 is 0 Å². The molecule has 0 amide bonds. The number of hydrogen-bond acceptors (Lipinski definition) is 5. The number of nitriles is 1. The lowest BCUT2D eigenvalue weighted by molar-refractivity contribution is -0.0609. The Balaban J connectivity index is 2.12. The first kappa shape index (κ1) is 13.0. The summed E-state index contributed by atoms with van der Waals surface area (Å²) in [6.45, 7) is 2.26. The molecule has 0 spiro atoms. The van der Waals surface area contributed by atoms with Gasteiger partial charge in [0.15, 0.2) is 0 Å². The predicted molar refractivity (Wildman–Crippen MR) is 64.6 cm³/mol. The summed E-state index contributed by atoms with van der Waals surface area (Å²) in [6.07, 6.45) is 5.02. The molecule has 5 heteroatoms. The molecule has 0 radical (unpaired) electrons. The summed E-state index contributed by atoms with van der Waals surface area (Å²) in [6, 6.07) is 2.08. The van der Waals surface area contributed by atoms with Crippen LogP contribution in [0.1, 0.15) is 50.7 Å². The van der Waals surface area contributed by atoms with Gasteiger partial charge in [-0.15, -0.1) is 0 Å². The number of nitrogens with zero attached hydrogens (tertiary/aromatic N) is 3. The minimum Gasteiger partial charge on any atom is -0.370 e. The van der Waals surface area contributed by atoms with Crippen LogP contribution in [-0.4, -0.2) is 17.3 Å². The third-order valence-electron chi connectivity index (χ3n) is 3.80. The fourth-order valence-electron chi connectivity index (χ4n) is 2.45. The van der Waals surface area contributed by atoms with Crippen molar-refractivity contribution in [2.45, 2.75) is 51.0 Å². The van der Waals surface area contributed by atoms with Crippen LogP contribution in [0, 0.1) is 17.2 Å². The predicted octanol–water partition coefficient (Wildman–Crippen LogP) is 2.58. The van der Waals surface area contributed by atoms with E-state index in [1.165, 1.54) is 0 Å². The van der Waals surface area contributed by atoms with E-state index in [4.69, 9.17) is 14.5 Å². The maximum atomic E-state index is 8.54. The van der Waals surface area contributed by atoms with E-state index in [2.05, 4.69) is 23.1 Å². The molecular formula is C13H19N3O2. The molecule has 0 unspecified atom stereocenters. The second-order valence-electron chi connectivity index (χ2n) is 5.05. The smallest absolute Gasteiger partial charge is 0.227 e. The fourth-order valence-corrected chi connectivity index (χ4v) is 2.45. The van der Waals surface area contributed by atoms with Crippen molar-refractivity contribution < 1.29 is 9.26 Å². The molecule has 0 aliphatic heterocycles. The zero-order valence-electron chi connectivity index (χ0n) is 11.0. The summed E-state index contributed by atoms with van der Waals surface area (Å²) in [5, 5.41) is 12.6. The number of methoxy groups -OCH3 is 1. The van der Waals surface area contributed by atoms with Gasteiger partial charge in [-0.3, -0.25) is 0 Å². The molecule has 0 aromatic carbocycles. The van der Waals surface area contributed by atoms with Gasteiger partial charge in [-0.2, -0.15) is 10.2 Å². The molecule has 1 aromatic rings. The molecule has 0 atom stereocenters. The monoisotopic (exact) mass is 249 g/mol. The molecule has 18 heavy (non-hydrogen) atoms. The second kappa shape index (κ2) is 5.49. The zero-order valence-corrected chi connectivity index (χ0v) is 11.0. The Bertz CT molecular complexity index is 428. The largest absolute Gasteiger partial charge is 0.370 e. The number of aryl methyl sites for hydroxylation is 1. The van der Waals surface area contributed by atoms with E-state index >= 15 is 0 Å². The first-order chi connectivity index (χ1) is 8.70. The summed E-state index contributed by atoms with van der Waals surface area (Å²) < 4.78 is 10.9. The lowest BCUT2D eigenvalue weighted by atomic mass is 9.79. The molecule has 5 nitrogen and oxygen atoms in total. The highest BCUT2D eigenvalue weighted by Crippen LogP contribution is 2.40. The van der Waals surface area contributed by atoms with Crippen LogP contribution in [0.2, 0.25) is 0 Å². The van der Waals surface area contributed by atoms with Gasteiger partial charge in [0.25, 0.3) is 0 Å². The maximum absolute atomic E-state index is 8.54. The molecule has 1 fully saturated rings. The van der Waals surface area contributed by atoms with Crippen LogP contribution in [-0.2, 0) is 16.8 Å². The van der Waals surface area contributed by atoms with Crippen molar-refractivity contribution in [1.82, 2.24) is 10.1 Å². The zero-order chi connectivity index (χ0) is 13.0. The SMILES string of the molecule is COC1(c2noc(CCC#N)n2)CCC(C)CC1. The Hall–Kier alpha value is -1.41. The van der Waals surface area contributed by atoms with E-state index in [1.54, 1.807) is 7.11 Å². The van der Waals surface area contributed by atoms with Gasteiger partial charge in [0.1, 0.15) is 5.60 Å². The van der Waals surface area contributed by atoms with Gasteiger partial charge in [-0.1, -0.05) is 12.1 Å². The third-order valence-corrected chi connectivity index (χ3v) is 3.80. The van der Waals surface area contributed by atoms with Crippen LogP contribution >= 0.6 is 0 Å². The molecule has 2 rings (SSSR count). The topological polar surface area (TPSA) is 71.9 Å². The molecule has 0 saturated heterocycles. The van der Waals surface area contributed by atoms with Crippen molar-refractivity contribution in [2.75, 3.05) is 7.11 Å². The maximum Gasteiger partial charge on any atom is 0.227 e. The number of hydrogen-bond donors (Lipinski definition) is 0. The van der Waals surface area contributed by atoms with E-state index in [0.29, 0.717) is 24.6 Å². The van der Waals surface area contributed by atoms with Crippen LogP contribution in [0.25, 0.3) is 0 Å². The Labute approximate surface area is 107 Å². The van der Waals surface area contributed by atoms with Crippen LogP contribution in [0.15, 0.2) is 4.52 Å². The van der Waals surface area contributed by atoms with E-state index < -0.39 is 0 Å². The summed E-state index contributed by atoms with van der Waals surface area (Å²) in [5.74, 6) is 1.91. The van der Waals surface area contributed by atoms with Crippen molar-refractivity contribution in [2.24, 2.45) is 5.92 Å². The van der Waals surface area contributed by atoms with Crippen LogP contribution in [0.5, 0.6) is 0 Å². The van der Waals surface area contributed by atoms with Gasteiger partial charge in [0.2, 0.25) is 11.7 Å². The quantitative estimate of drug-likeness (QED) is 0.820. The molecule has 1 saturated carbocycles. The van der Waals surface area contributed by atoms with Gasteiger partial charge < -0.3 is 9.26 Å². The molecule has 1 aliphatic rings. The molecule has 1 aliphatic carbocycles. The molecule has 0 N–H and O–H groups in total. The van der Waals surface area contributed by atoms with Crippen molar-refractivity contribution >= 4 is 0 Å². The highest BCUT2D eigenvalue weighted by atomic mass is 16.5. The van der Waals surface area contributed by atoms with Gasteiger partial charge in [-0.05, 0) is 31.6 Å². The number of ether oxygens (including phenoxy) is 1. The summed E-state index contributed by atoms with van der Waals surface area (Å²) in [5.41, 5.74) is -0.388.